The fourth-order valence-electron chi connectivity index (χ4n) is 3.52. The van der Waals surface area contributed by atoms with Gasteiger partial charge in [0.15, 0.2) is 0 Å². The first-order valence-electron chi connectivity index (χ1n) is 9.21. The number of fused-ring (bicyclic) bond motifs is 4. The number of hydrogen-bond donors (Lipinski definition) is 0. The van der Waals surface area contributed by atoms with E-state index in [1.54, 1.807) is 25.1 Å². The Hall–Kier alpha value is -3.87. The number of benzene rings is 2. The summed E-state index contributed by atoms with van der Waals surface area (Å²) in [6.45, 7) is 2.01. The van der Waals surface area contributed by atoms with Gasteiger partial charge in [0.2, 0.25) is 5.58 Å². The lowest BCUT2D eigenvalue weighted by molar-refractivity contribution is 0.0525. The van der Waals surface area contributed by atoms with Gasteiger partial charge in [0, 0.05) is 10.8 Å². The molecule has 0 fully saturated rings. The molecule has 3 heterocycles. The molecule has 0 aliphatic rings. The van der Waals surface area contributed by atoms with Crippen LogP contribution in [-0.4, -0.2) is 22.1 Å². The van der Waals surface area contributed by atoms with Gasteiger partial charge in [-0.3, -0.25) is 9.36 Å². The van der Waals surface area contributed by atoms with E-state index in [4.69, 9.17) is 13.6 Å². The lowest BCUT2D eigenvalue weighted by Crippen LogP contribution is -2.21. The van der Waals surface area contributed by atoms with Gasteiger partial charge >= 0.3 is 5.97 Å². The Balaban J connectivity index is 1.66. The van der Waals surface area contributed by atoms with E-state index in [1.807, 2.05) is 30.3 Å². The Morgan fingerprint density at radius 1 is 1.03 bits per heavy atom. The highest BCUT2D eigenvalue weighted by molar-refractivity contribution is 6.04. The fraction of sp³-hybridized carbons (Fsp3) is 0.136. The number of carbonyl (C=O) groups is 1. The van der Waals surface area contributed by atoms with Crippen LogP contribution in [0.25, 0.3) is 33.0 Å². The van der Waals surface area contributed by atoms with E-state index in [0.717, 1.165) is 5.39 Å². The largest absolute Gasteiger partial charge is 0.462 e. The van der Waals surface area contributed by atoms with E-state index in [-0.39, 0.29) is 24.3 Å². The highest BCUT2D eigenvalue weighted by Crippen LogP contribution is 2.28. The average molecular weight is 388 g/mol. The van der Waals surface area contributed by atoms with Gasteiger partial charge in [0.25, 0.3) is 5.56 Å². The van der Waals surface area contributed by atoms with Gasteiger partial charge in [-0.1, -0.05) is 30.3 Å². The van der Waals surface area contributed by atoms with Crippen LogP contribution in [0, 0.1) is 0 Å². The molecule has 0 spiro atoms. The Labute approximate surface area is 164 Å². The number of ether oxygens (including phenoxy) is 1. The van der Waals surface area contributed by atoms with Crippen LogP contribution in [-0.2, 0) is 11.3 Å². The second-order valence-corrected chi connectivity index (χ2v) is 6.57. The van der Waals surface area contributed by atoms with Crippen molar-refractivity contribution in [1.29, 1.82) is 0 Å². The number of hydrogen-bond acceptors (Lipinski definition) is 6. The third-order valence-corrected chi connectivity index (χ3v) is 4.81. The van der Waals surface area contributed by atoms with Crippen molar-refractivity contribution in [3.63, 3.8) is 0 Å². The first-order valence-corrected chi connectivity index (χ1v) is 9.21. The van der Waals surface area contributed by atoms with Crippen LogP contribution in [0.3, 0.4) is 0 Å². The Bertz CT molecular complexity index is 1440. The summed E-state index contributed by atoms with van der Waals surface area (Å²) in [6.07, 6.45) is 1.44. The maximum Gasteiger partial charge on any atom is 0.342 e. The fourth-order valence-corrected chi connectivity index (χ4v) is 3.52. The van der Waals surface area contributed by atoms with E-state index in [1.165, 1.54) is 10.9 Å². The highest BCUT2D eigenvalue weighted by atomic mass is 16.5. The molecule has 7 nitrogen and oxygen atoms in total. The van der Waals surface area contributed by atoms with Gasteiger partial charge in [-0.2, -0.15) is 0 Å². The summed E-state index contributed by atoms with van der Waals surface area (Å²) in [5.74, 6) is -0.151. The molecule has 5 aromatic rings. The standard InChI is InChI=1S/C22H16N2O5/c1-2-27-22(26)18-13-7-3-5-9-15(13)28-17(18)11-24-12-23-19-14-8-4-6-10-16(14)29-20(19)21(24)25/h3-10,12H,2,11H2,1H3. The van der Waals surface area contributed by atoms with Gasteiger partial charge in [-0.25, -0.2) is 9.78 Å². The van der Waals surface area contributed by atoms with Crippen molar-refractivity contribution in [3.8, 4) is 0 Å². The van der Waals surface area contributed by atoms with Crippen LogP contribution in [0.5, 0.6) is 0 Å². The Morgan fingerprint density at radius 3 is 2.48 bits per heavy atom. The van der Waals surface area contributed by atoms with E-state index in [9.17, 15) is 9.59 Å². The molecule has 0 aliphatic carbocycles. The van der Waals surface area contributed by atoms with Gasteiger partial charge in [-0.15, -0.1) is 0 Å². The number of rotatable bonds is 4. The maximum atomic E-state index is 13.0. The first-order chi connectivity index (χ1) is 14.2. The molecule has 0 radical (unpaired) electrons. The molecular weight excluding hydrogens is 372 g/mol. The number of furan rings is 2. The van der Waals surface area contributed by atoms with E-state index in [0.29, 0.717) is 33.4 Å². The minimum absolute atomic E-state index is 0.0294. The quantitative estimate of drug-likeness (QED) is 0.431. The summed E-state index contributed by atoms with van der Waals surface area (Å²) in [6, 6.07) is 14.5. The second-order valence-electron chi connectivity index (χ2n) is 6.57. The summed E-state index contributed by atoms with van der Waals surface area (Å²) >= 11 is 0. The number of carbonyl (C=O) groups excluding carboxylic acids is 1. The molecule has 0 saturated carbocycles. The van der Waals surface area contributed by atoms with E-state index < -0.39 is 5.97 Å². The van der Waals surface area contributed by atoms with Crippen LogP contribution < -0.4 is 5.56 Å². The predicted octanol–water partition coefficient (Wildman–Crippen LogP) is 4.11. The van der Waals surface area contributed by atoms with Crippen molar-refractivity contribution in [3.05, 3.63) is 76.5 Å². The van der Waals surface area contributed by atoms with Crippen LogP contribution in [0.2, 0.25) is 0 Å². The molecule has 29 heavy (non-hydrogen) atoms. The molecule has 0 atom stereocenters. The number of esters is 1. The summed E-state index contributed by atoms with van der Waals surface area (Å²) in [4.78, 5) is 29.9. The normalized spacial score (nSPS) is 11.5. The smallest absolute Gasteiger partial charge is 0.342 e. The predicted molar refractivity (Wildman–Crippen MR) is 107 cm³/mol. The zero-order valence-electron chi connectivity index (χ0n) is 15.5. The Kier molecular flexibility index (Phi) is 3.94. The summed E-state index contributed by atoms with van der Waals surface area (Å²) < 4.78 is 18.2. The van der Waals surface area contributed by atoms with Crippen molar-refractivity contribution >= 4 is 39.0 Å². The SMILES string of the molecule is CCOC(=O)c1c(Cn2cnc3c(oc4ccccc43)c2=O)oc2ccccc12. The number of nitrogens with zero attached hydrogens (tertiary/aromatic N) is 2. The van der Waals surface area contributed by atoms with Crippen molar-refractivity contribution in [2.24, 2.45) is 0 Å². The number of aromatic nitrogens is 2. The molecule has 5 rings (SSSR count). The van der Waals surface area contributed by atoms with E-state index in [2.05, 4.69) is 4.98 Å². The molecule has 3 aromatic heterocycles. The van der Waals surface area contributed by atoms with Gasteiger partial charge in [0.05, 0.1) is 19.5 Å². The van der Waals surface area contributed by atoms with Crippen LogP contribution in [0.15, 0.2) is 68.5 Å². The molecule has 0 N–H and O–H groups in total. The molecule has 0 saturated heterocycles. The molecule has 0 bridgehead atoms. The minimum atomic E-state index is -0.488. The molecule has 144 valence electrons. The van der Waals surface area contributed by atoms with Crippen molar-refractivity contribution in [1.82, 2.24) is 9.55 Å². The monoisotopic (exact) mass is 388 g/mol. The van der Waals surface area contributed by atoms with Crippen LogP contribution >= 0.6 is 0 Å². The maximum absolute atomic E-state index is 13.0. The van der Waals surface area contributed by atoms with Crippen LogP contribution in [0.4, 0.5) is 0 Å². The molecule has 0 aliphatic heterocycles. The molecule has 0 amide bonds. The molecule has 2 aromatic carbocycles. The van der Waals surface area contributed by atoms with Crippen molar-refractivity contribution in [2.75, 3.05) is 6.61 Å². The van der Waals surface area contributed by atoms with Gasteiger partial charge < -0.3 is 13.6 Å². The zero-order valence-corrected chi connectivity index (χ0v) is 15.5. The second kappa shape index (κ2) is 6.63. The van der Waals surface area contributed by atoms with E-state index >= 15 is 0 Å². The molecular formula is C22H16N2O5. The third kappa shape index (κ3) is 2.70. The Morgan fingerprint density at radius 2 is 1.72 bits per heavy atom. The van der Waals surface area contributed by atoms with Crippen molar-refractivity contribution < 1.29 is 18.4 Å². The highest BCUT2D eigenvalue weighted by Gasteiger charge is 2.23. The average Bonchev–Trinajstić information content (AvgIpc) is 3.29. The molecule has 7 heteroatoms. The van der Waals surface area contributed by atoms with Gasteiger partial charge in [0.1, 0.15) is 28.0 Å². The number of para-hydroxylation sites is 2. The minimum Gasteiger partial charge on any atom is -0.462 e. The summed E-state index contributed by atoms with van der Waals surface area (Å²) in [5.41, 5.74) is 1.80. The third-order valence-electron chi connectivity index (χ3n) is 4.81. The lowest BCUT2D eigenvalue weighted by Gasteiger charge is -2.05. The zero-order chi connectivity index (χ0) is 20.0. The topological polar surface area (TPSA) is 87.5 Å². The molecule has 0 unspecified atom stereocenters. The summed E-state index contributed by atoms with van der Waals surface area (Å²) in [7, 11) is 0. The first kappa shape index (κ1) is 17.2. The van der Waals surface area contributed by atoms with Gasteiger partial charge in [-0.05, 0) is 25.1 Å². The lowest BCUT2D eigenvalue weighted by atomic mass is 10.1. The van der Waals surface area contributed by atoms with Crippen molar-refractivity contribution in [2.45, 2.75) is 13.5 Å². The van der Waals surface area contributed by atoms with Crippen LogP contribution in [0.1, 0.15) is 23.0 Å². The summed E-state index contributed by atoms with van der Waals surface area (Å²) in [5, 5.41) is 1.43.